The lowest BCUT2D eigenvalue weighted by Crippen LogP contribution is -1.90. The molecule has 0 aliphatic heterocycles. The van der Waals surface area contributed by atoms with E-state index in [9.17, 15) is 4.79 Å². The summed E-state index contributed by atoms with van der Waals surface area (Å²) in [7, 11) is 0. The smallest absolute Gasteiger partial charge is 0.155 e. The van der Waals surface area contributed by atoms with Crippen LogP contribution in [-0.2, 0) is 4.79 Å². The Morgan fingerprint density at radius 1 is 1.27 bits per heavy atom. The van der Waals surface area contributed by atoms with Gasteiger partial charge in [0.2, 0.25) is 0 Å². The van der Waals surface area contributed by atoms with Gasteiger partial charge in [-0.2, -0.15) is 0 Å². The molecule has 15 heavy (non-hydrogen) atoms. The molecule has 1 aromatic carbocycles. The maximum absolute atomic E-state index is 11.1. The molecule has 0 bridgehead atoms. The highest BCUT2D eigenvalue weighted by Crippen LogP contribution is 2.22. The second-order valence-corrected chi connectivity index (χ2v) is 3.57. The molecule has 0 amide bonds. The van der Waals surface area contributed by atoms with Crippen molar-refractivity contribution < 1.29 is 9.21 Å². The Labute approximate surface area is 88.2 Å². The zero-order valence-electron chi connectivity index (χ0n) is 8.78. The first kappa shape index (κ1) is 9.71. The van der Waals surface area contributed by atoms with Crippen molar-refractivity contribution in [3.8, 4) is 0 Å². The summed E-state index contributed by atoms with van der Waals surface area (Å²) in [4.78, 5) is 11.1. The molecule has 1 heterocycles. The van der Waals surface area contributed by atoms with Crippen molar-refractivity contribution in [2.75, 3.05) is 0 Å². The first-order valence-corrected chi connectivity index (χ1v) is 4.84. The van der Waals surface area contributed by atoms with Crippen LogP contribution in [0.5, 0.6) is 0 Å². The van der Waals surface area contributed by atoms with Gasteiger partial charge in [-0.1, -0.05) is 18.2 Å². The molecule has 0 unspecified atom stereocenters. The number of allylic oxidation sites excluding steroid dienone is 1. The Hall–Kier alpha value is -1.83. The number of Topliss-reactive ketones (excluding diaryl/α,β-unsaturated/α-hetero) is 1. The second-order valence-electron chi connectivity index (χ2n) is 3.57. The number of hydrogen-bond acceptors (Lipinski definition) is 2. The molecule has 0 atom stereocenters. The Kier molecular flexibility index (Phi) is 2.42. The van der Waals surface area contributed by atoms with Gasteiger partial charge in [-0.3, -0.25) is 4.79 Å². The number of hydrogen-bond donors (Lipinski definition) is 0. The first-order chi connectivity index (χ1) is 7.18. The van der Waals surface area contributed by atoms with Crippen molar-refractivity contribution in [3.05, 3.63) is 41.7 Å². The summed E-state index contributed by atoms with van der Waals surface area (Å²) >= 11 is 0. The van der Waals surface area contributed by atoms with E-state index >= 15 is 0 Å². The topological polar surface area (TPSA) is 30.2 Å². The monoisotopic (exact) mass is 200 g/mol. The highest BCUT2D eigenvalue weighted by Gasteiger charge is 2.03. The standard InChI is InChI=1S/C13H12O2/c1-9(10(2)14)7-11-8-15-13-6-4-3-5-12(11)13/h3-8H,1-2H3/b9-7+. The van der Waals surface area contributed by atoms with Crippen molar-refractivity contribution >= 4 is 22.8 Å². The molecule has 2 heteroatoms. The number of carbonyl (C=O) groups is 1. The van der Waals surface area contributed by atoms with Crippen molar-refractivity contribution in [2.45, 2.75) is 13.8 Å². The number of carbonyl (C=O) groups excluding carboxylic acids is 1. The van der Waals surface area contributed by atoms with Crippen LogP contribution in [0.15, 0.2) is 40.5 Å². The summed E-state index contributed by atoms with van der Waals surface area (Å²) in [6.07, 6.45) is 3.53. The summed E-state index contributed by atoms with van der Waals surface area (Å²) in [6, 6.07) is 7.78. The lowest BCUT2D eigenvalue weighted by molar-refractivity contribution is -0.113. The third-order valence-electron chi connectivity index (χ3n) is 2.44. The second kappa shape index (κ2) is 3.73. The number of rotatable bonds is 2. The van der Waals surface area contributed by atoms with E-state index in [0.29, 0.717) is 0 Å². The summed E-state index contributed by atoms with van der Waals surface area (Å²) in [5, 5.41) is 1.04. The van der Waals surface area contributed by atoms with Crippen LogP contribution in [0.1, 0.15) is 19.4 Å². The van der Waals surface area contributed by atoms with Gasteiger partial charge in [0.05, 0.1) is 6.26 Å². The Morgan fingerprint density at radius 3 is 2.73 bits per heavy atom. The summed E-state index contributed by atoms with van der Waals surface area (Å²) in [5.41, 5.74) is 2.54. The molecule has 76 valence electrons. The third-order valence-corrected chi connectivity index (χ3v) is 2.44. The van der Waals surface area contributed by atoms with E-state index in [0.717, 1.165) is 22.1 Å². The molecule has 2 rings (SSSR count). The zero-order chi connectivity index (χ0) is 10.8. The molecule has 0 fully saturated rings. The van der Waals surface area contributed by atoms with Crippen LogP contribution in [0, 0.1) is 0 Å². The minimum Gasteiger partial charge on any atom is -0.464 e. The van der Waals surface area contributed by atoms with E-state index in [1.807, 2.05) is 37.3 Å². The molecule has 0 saturated heterocycles. The lowest BCUT2D eigenvalue weighted by Gasteiger charge is -1.93. The van der Waals surface area contributed by atoms with Crippen molar-refractivity contribution in [3.63, 3.8) is 0 Å². The number of benzene rings is 1. The van der Waals surface area contributed by atoms with Gasteiger partial charge in [-0.05, 0) is 31.6 Å². The van der Waals surface area contributed by atoms with Crippen molar-refractivity contribution in [2.24, 2.45) is 0 Å². The predicted octanol–water partition coefficient (Wildman–Crippen LogP) is 3.43. The fourth-order valence-electron chi connectivity index (χ4n) is 1.45. The highest BCUT2D eigenvalue weighted by atomic mass is 16.3. The molecule has 0 saturated carbocycles. The van der Waals surface area contributed by atoms with Crippen molar-refractivity contribution in [1.82, 2.24) is 0 Å². The molecule has 0 N–H and O–H groups in total. The van der Waals surface area contributed by atoms with Gasteiger partial charge in [0.1, 0.15) is 5.58 Å². The number of furan rings is 1. The van der Waals surface area contributed by atoms with Crippen LogP contribution in [0.25, 0.3) is 17.0 Å². The van der Waals surface area contributed by atoms with Gasteiger partial charge >= 0.3 is 0 Å². The number of para-hydroxylation sites is 1. The molecule has 1 aromatic heterocycles. The number of ketones is 1. The maximum Gasteiger partial charge on any atom is 0.155 e. The predicted molar refractivity (Wildman–Crippen MR) is 60.5 cm³/mol. The van der Waals surface area contributed by atoms with E-state index < -0.39 is 0 Å². The fraction of sp³-hybridized carbons (Fsp3) is 0.154. The fourth-order valence-corrected chi connectivity index (χ4v) is 1.45. The van der Waals surface area contributed by atoms with E-state index in [1.54, 1.807) is 13.2 Å². The first-order valence-electron chi connectivity index (χ1n) is 4.84. The molecular weight excluding hydrogens is 188 g/mol. The van der Waals surface area contributed by atoms with Crippen LogP contribution in [0.4, 0.5) is 0 Å². The van der Waals surface area contributed by atoms with Crippen LogP contribution in [0.2, 0.25) is 0 Å². The number of fused-ring (bicyclic) bond motifs is 1. The van der Waals surface area contributed by atoms with Gasteiger partial charge in [-0.25, -0.2) is 0 Å². The third kappa shape index (κ3) is 1.84. The average molecular weight is 200 g/mol. The summed E-state index contributed by atoms with van der Waals surface area (Å²) in [6.45, 7) is 3.37. The van der Waals surface area contributed by atoms with Crippen LogP contribution < -0.4 is 0 Å². The van der Waals surface area contributed by atoms with Crippen LogP contribution >= 0.6 is 0 Å². The van der Waals surface area contributed by atoms with E-state index in [4.69, 9.17) is 4.42 Å². The quantitative estimate of drug-likeness (QED) is 0.695. The SMILES string of the molecule is CC(=O)/C(C)=C/c1coc2ccccc12. The largest absolute Gasteiger partial charge is 0.464 e. The van der Waals surface area contributed by atoms with Gasteiger partial charge in [0.15, 0.2) is 5.78 Å². The molecule has 0 aliphatic carbocycles. The molecule has 0 aliphatic rings. The van der Waals surface area contributed by atoms with Crippen LogP contribution in [-0.4, -0.2) is 5.78 Å². The van der Waals surface area contributed by atoms with E-state index in [2.05, 4.69) is 0 Å². The van der Waals surface area contributed by atoms with Gasteiger partial charge in [0, 0.05) is 10.9 Å². The molecule has 2 nitrogen and oxygen atoms in total. The minimum absolute atomic E-state index is 0.0836. The molecule has 2 aromatic rings. The highest BCUT2D eigenvalue weighted by molar-refractivity contribution is 5.99. The summed E-state index contributed by atoms with van der Waals surface area (Å²) < 4.78 is 5.37. The average Bonchev–Trinajstić information content (AvgIpc) is 2.62. The molecular formula is C13H12O2. The van der Waals surface area contributed by atoms with Gasteiger partial charge in [-0.15, -0.1) is 0 Å². The van der Waals surface area contributed by atoms with Crippen molar-refractivity contribution in [1.29, 1.82) is 0 Å². The van der Waals surface area contributed by atoms with E-state index in [1.165, 1.54) is 0 Å². The van der Waals surface area contributed by atoms with Gasteiger partial charge in [0.25, 0.3) is 0 Å². The Balaban J connectivity index is 2.54. The lowest BCUT2D eigenvalue weighted by atomic mass is 10.1. The molecule has 0 radical (unpaired) electrons. The summed E-state index contributed by atoms with van der Waals surface area (Å²) in [5.74, 6) is 0.0836. The Morgan fingerprint density at radius 2 is 2.00 bits per heavy atom. The molecule has 0 spiro atoms. The van der Waals surface area contributed by atoms with Gasteiger partial charge < -0.3 is 4.42 Å². The van der Waals surface area contributed by atoms with E-state index in [-0.39, 0.29) is 5.78 Å². The zero-order valence-corrected chi connectivity index (χ0v) is 8.78. The Bertz CT molecular complexity index is 532. The van der Waals surface area contributed by atoms with Crippen LogP contribution in [0.3, 0.4) is 0 Å². The normalized spacial score (nSPS) is 12.0. The maximum atomic E-state index is 11.1. The minimum atomic E-state index is 0.0836.